The summed E-state index contributed by atoms with van der Waals surface area (Å²) in [6.07, 6.45) is 0. The number of fused-ring (bicyclic) bond motifs is 1. The normalized spacial score (nSPS) is 11.3. The Kier molecular flexibility index (Phi) is 3.58. The van der Waals surface area contributed by atoms with Gasteiger partial charge < -0.3 is 0 Å². The van der Waals surface area contributed by atoms with Crippen LogP contribution in [0.25, 0.3) is 10.2 Å². The highest BCUT2D eigenvalue weighted by Gasteiger charge is 2.09. The third-order valence-electron chi connectivity index (χ3n) is 2.74. The molecule has 1 heterocycles. The first-order chi connectivity index (χ1) is 10.3. The first-order valence-corrected chi connectivity index (χ1v) is 6.93. The summed E-state index contributed by atoms with van der Waals surface area (Å²) >= 11 is 1.40. The van der Waals surface area contributed by atoms with Crippen molar-refractivity contribution in [3.63, 3.8) is 0 Å². The van der Waals surface area contributed by atoms with Gasteiger partial charge in [0.1, 0.15) is 11.9 Å². The number of anilines is 1. The van der Waals surface area contributed by atoms with Gasteiger partial charge in [0.2, 0.25) is 0 Å². The summed E-state index contributed by atoms with van der Waals surface area (Å²) in [6, 6.07) is 15.4. The molecular formula is C15H9FN4S. The minimum atomic E-state index is -0.323. The van der Waals surface area contributed by atoms with E-state index in [1.54, 1.807) is 12.1 Å². The van der Waals surface area contributed by atoms with Crippen LogP contribution >= 0.6 is 11.3 Å². The van der Waals surface area contributed by atoms with Gasteiger partial charge in [-0.2, -0.15) is 10.4 Å². The molecule has 0 aliphatic carbocycles. The molecule has 3 aromatic rings. The second-order valence-electron chi connectivity index (χ2n) is 4.18. The second kappa shape index (κ2) is 5.69. The number of benzene rings is 2. The smallest absolute Gasteiger partial charge is 0.196 e. The summed E-state index contributed by atoms with van der Waals surface area (Å²) in [7, 11) is 0. The summed E-state index contributed by atoms with van der Waals surface area (Å²) in [5.41, 5.74) is 4.36. The maximum Gasteiger partial charge on any atom is 0.196 e. The molecule has 3 rings (SSSR count). The SMILES string of the molecule is N#CC(=NNc1ccc(F)cc1)c1nc2ccccc2s1. The van der Waals surface area contributed by atoms with Crippen LogP contribution in [0.4, 0.5) is 10.1 Å². The predicted octanol–water partition coefficient (Wildman–Crippen LogP) is 3.78. The maximum absolute atomic E-state index is 12.8. The maximum atomic E-state index is 12.8. The van der Waals surface area contributed by atoms with Crippen LogP contribution in [-0.4, -0.2) is 10.7 Å². The van der Waals surface area contributed by atoms with Crippen molar-refractivity contribution < 1.29 is 4.39 Å². The topological polar surface area (TPSA) is 61.1 Å². The van der Waals surface area contributed by atoms with Gasteiger partial charge in [-0.15, -0.1) is 11.3 Å². The summed E-state index contributed by atoms with van der Waals surface area (Å²) < 4.78 is 13.8. The Hall–Kier alpha value is -2.78. The Bertz CT molecular complexity index is 813. The van der Waals surface area contributed by atoms with E-state index in [2.05, 4.69) is 15.5 Å². The fraction of sp³-hybridized carbons (Fsp3) is 0. The molecule has 0 atom stereocenters. The summed E-state index contributed by atoms with van der Waals surface area (Å²) in [5.74, 6) is -0.323. The zero-order valence-electron chi connectivity index (χ0n) is 10.7. The van der Waals surface area contributed by atoms with Crippen molar-refractivity contribution in [2.24, 2.45) is 5.10 Å². The van der Waals surface area contributed by atoms with Gasteiger partial charge in [0.15, 0.2) is 10.7 Å². The number of hydrazone groups is 1. The molecule has 0 unspecified atom stereocenters. The second-order valence-corrected chi connectivity index (χ2v) is 5.21. The Balaban J connectivity index is 1.89. The highest BCUT2D eigenvalue weighted by Crippen LogP contribution is 2.22. The van der Waals surface area contributed by atoms with Gasteiger partial charge in [-0.1, -0.05) is 12.1 Å². The molecule has 0 bridgehead atoms. The van der Waals surface area contributed by atoms with Crippen molar-refractivity contribution in [1.82, 2.24) is 4.98 Å². The highest BCUT2D eigenvalue weighted by molar-refractivity contribution is 7.20. The van der Waals surface area contributed by atoms with Gasteiger partial charge in [-0.25, -0.2) is 9.37 Å². The van der Waals surface area contributed by atoms with E-state index < -0.39 is 0 Å². The zero-order valence-corrected chi connectivity index (χ0v) is 11.6. The van der Waals surface area contributed by atoms with Gasteiger partial charge in [0.05, 0.1) is 15.9 Å². The first-order valence-electron chi connectivity index (χ1n) is 6.11. The number of nitrogens with zero attached hydrogens (tertiary/aromatic N) is 3. The van der Waals surface area contributed by atoms with Gasteiger partial charge in [0.25, 0.3) is 0 Å². The van der Waals surface area contributed by atoms with E-state index in [0.29, 0.717) is 10.7 Å². The summed E-state index contributed by atoms with van der Waals surface area (Å²) in [4.78, 5) is 4.38. The van der Waals surface area contributed by atoms with E-state index in [9.17, 15) is 9.65 Å². The number of halogens is 1. The van der Waals surface area contributed by atoms with Crippen molar-refractivity contribution in [1.29, 1.82) is 5.26 Å². The van der Waals surface area contributed by atoms with E-state index in [4.69, 9.17) is 0 Å². The van der Waals surface area contributed by atoms with Crippen LogP contribution in [0.5, 0.6) is 0 Å². The molecule has 1 N–H and O–H groups in total. The highest BCUT2D eigenvalue weighted by atomic mass is 32.1. The molecule has 0 aliphatic heterocycles. The first kappa shape index (κ1) is 13.2. The molecule has 2 aromatic carbocycles. The van der Waals surface area contributed by atoms with E-state index in [0.717, 1.165) is 10.2 Å². The lowest BCUT2D eigenvalue weighted by molar-refractivity contribution is 0.628. The predicted molar refractivity (Wildman–Crippen MR) is 81.8 cm³/mol. The summed E-state index contributed by atoms with van der Waals surface area (Å²) in [5, 5.41) is 13.8. The molecule has 21 heavy (non-hydrogen) atoms. The quantitative estimate of drug-likeness (QED) is 0.591. The van der Waals surface area contributed by atoms with E-state index in [-0.39, 0.29) is 11.5 Å². The minimum absolute atomic E-state index is 0.195. The molecular weight excluding hydrogens is 287 g/mol. The summed E-state index contributed by atoms with van der Waals surface area (Å²) in [6.45, 7) is 0. The van der Waals surface area contributed by atoms with Crippen LogP contribution in [0.1, 0.15) is 5.01 Å². The van der Waals surface area contributed by atoms with Crippen molar-refractivity contribution >= 4 is 33.0 Å². The number of nitriles is 1. The Labute approximate surface area is 124 Å². The number of hydrogen-bond donors (Lipinski definition) is 1. The van der Waals surface area contributed by atoms with E-state index in [1.165, 1.54) is 23.5 Å². The third kappa shape index (κ3) is 2.88. The van der Waals surface area contributed by atoms with E-state index in [1.807, 2.05) is 30.3 Å². The monoisotopic (exact) mass is 296 g/mol. The van der Waals surface area contributed by atoms with Crippen LogP contribution in [0.3, 0.4) is 0 Å². The van der Waals surface area contributed by atoms with Crippen LogP contribution < -0.4 is 5.43 Å². The number of hydrogen-bond acceptors (Lipinski definition) is 5. The zero-order chi connectivity index (χ0) is 14.7. The van der Waals surface area contributed by atoms with Crippen LogP contribution in [-0.2, 0) is 0 Å². The van der Waals surface area contributed by atoms with Crippen molar-refractivity contribution in [3.05, 3.63) is 59.4 Å². The van der Waals surface area contributed by atoms with Crippen LogP contribution in [0.15, 0.2) is 53.6 Å². The van der Waals surface area contributed by atoms with Crippen LogP contribution in [0, 0.1) is 17.1 Å². The molecule has 0 fully saturated rings. The van der Waals surface area contributed by atoms with Gasteiger partial charge in [-0.05, 0) is 36.4 Å². The molecule has 1 aromatic heterocycles. The lowest BCUT2D eigenvalue weighted by Crippen LogP contribution is -2.01. The van der Waals surface area contributed by atoms with Gasteiger partial charge in [0, 0.05) is 0 Å². The average molecular weight is 296 g/mol. The number of thiazole rings is 1. The van der Waals surface area contributed by atoms with Crippen molar-refractivity contribution in [2.75, 3.05) is 5.43 Å². The fourth-order valence-electron chi connectivity index (χ4n) is 1.74. The molecule has 6 heteroatoms. The standard InChI is InChI=1S/C15H9FN4S/c16-10-5-7-11(8-6-10)19-20-13(9-17)15-18-12-3-1-2-4-14(12)21-15/h1-8,19H. The lowest BCUT2D eigenvalue weighted by atomic mass is 10.3. The lowest BCUT2D eigenvalue weighted by Gasteiger charge is -1.99. The number of aromatic nitrogens is 1. The van der Waals surface area contributed by atoms with Crippen molar-refractivity contribution in [2.45, 2.75) is 0 Å². The Morgan fingerprint density at radius 3 is 2.67 bits per heavy atom. The Morgan fingerprint density at radius 2 is 1.95 bits per heavy atom. The van der Waals surface area contributed by atoms with E-state index >= 15 is 0 Å². The Morgan fingerprint density at radius 1 is 1.19 bits per heavy atom. The molecule has 0 aliphatic rings. The third-order valence-corrected chi connectivity index (χ3v) is 3.79. The van der Waals surface area contributed by atoms with Crippen LogP contribution in [0.2, 0.25) is 0 Å². The molecule has 0 spiro atoms. The van der Waals surface area contributed by atoms with Crippen molar-refractivity contribution in [3.8, 4) is 6.07 Å². The molecule has 4 nitrogen and oxygen atoms in total. The largest absolute Gasteiger partial charge is 0.277 e. The van der Waals surface area contributed by atoms with Gasteiger partial charge >= 0.3 is 0 Å². The minimum Gasteiger partial charge on any atom is -0.277 e. The molecule has 0 saturated carbocycles. The van der Waals surface area contributed by atoms with Gasteiger partial charge in [-0.3, -0.25) is 5.43 Å². The molecule has 0 radical (unpaired) electrons. The molecule has 0 saturated heterocycles. The number of para-hydroxylation sites is 1. The number of rotatable bonds is 3. The molecule has 0 amide bonds. The molecule has 102 valence electrons. The average Bonchev–Trinajstić information content (AvgIpc) is 2.93. The number of nitrogens with one attached hydrogen (secondary N) is 1. The fourth-order valence-corrected chi connectivity index (χ4v) is 2.64.